The minimum Gasteiger partial charge on any atom is -0.308 e. The highest BCUT2D eigenvalue weighted by molar-refractivity contribution is 7.09. The van der Waals surface area contributed by atoms with Crippen LogP contribution in [0.4, 0.5) is 0 Å². The predicted molar refractivity (Wildman–Crippen MR) is 80.0 cm³/mol. The van der Waals surface area contributed by atoms with Crippen LogP contribution in [0.5, 0.6) is 0 Å². The molecule has 0 bridgehead atoms. The van der Waals surface area contributed by atoms with E-state index in [2.05, 4.69) is 67.9 Å². The SMILES string of the molecule is CC(C)(C)c1ccccc1CNCc1cccs1. The lowest BCUT2D eigenvalue weighted by Crippen LogP contribution is -2.19. The van der Waals surface area contributed by atoms with Crippen molar-refractivity contribution in [3.05, 3.63) is 57.8 Å². The highest BCUT2D eigenvalue weighted by Gasteiger charge is 2.16. The maximum atomic E-state index is 3.53. The maximum absolute atomic E-state index is 3.53. The van der Waals surface area contributed by atoms with E-state index in [9.17, 15) is 0 Å². The molecule has 0 atom stereocenters. The second-order valence-electron chi connectivity index (χ2n) is 5.59. The molecule has 0 aliphatic heterocycles. The van der Waals surface area contributed by atoms with Crippen molar-refractivity contribution in [1.82, 2.24) is 5.32 Å². The Morgan fingerprint density at radius 3 is 2.44 bits per heavy atom. The maximum Gasteiger partial charge on any atom is 0.0302 e. The van der Waals surface area contributed by atoms with Crippen LogP contribution in [0.2, 0.25) is 0 Å². The lowest BCUT2D eigenvalue weighted by Gasteiger charge is -2.23. The first-order valence-electron chi connectivity index (χ1n) is 6.39. The first-order valence-corrected chi connectivity index (χ1v) is 7.27. The van der Waals surface area contributed by atoms with E-state index in [1.165, 1.54) is 16.0 Å². The summed E-state index contributed by atoms with van der Waals surface area (Å²) >= 11 is 1.81. The third-order valence-electron chi connectivity index (χ3n) is 3.02. The number of hydrogen-bond donors (Lipinski definition) is 1. The molecule has 18 heavy (non-hydrogen) atoms. The van der Waals surface area contributed by atoms with Gasteiger partial charge in [0.25, 0.3) is 0 Å². The fourth-order valence-corrected chi connectivity index (χ4v) is 2.81. The molecule has 1 heterocycles. The van der Waals surface area contributed by atoms with E-state index < -0.39 is 0 Å². The number of thiophene rings is 1. The molecule has 1 aromatic carbocycles. The molecular formula is C16H21NS. The van der Waals surface area contributed by atoms with Crippen molar-refractivity contribution in [2.75, 3.05) is 0 Å². The summed E-state index contributed by atoms with van der Waals surface area (Å²) < 4.78 is 0. The van der Waals surface area contributed by atoms with Crippen molar-refractivity contribution < 1.29 is 0 Å². The minimum absolute atomic E-state index is 0.210. The van der Waals surface area contributed by atoms with Gasteiger partial charge in [-0.3, -0.25) is 0 Å². The van der Waals surface area contributed by atoms with Crippen LogP contribution >= 0.6 is 11.3 Å². The topological polar surface area (TPSA) is 12.0 Å². The summed E-state index contributed by atoms with van der Waals surface area (Å²) in [7, 11) is 0. The van der Waals surface area contributed by atoms with Crippen LogP contribution < -0.4 is 5.32 Å². The molecule has 0 fully saturated rings. The van der Waals surface area contributed by atoms with Crippen LogP contribution in [0, 0.1) is 0 Å². The minimum atomic E-state index is 0.210. The first-order chi connectivity index (χ1) is 8.57. The van der Waals surface area contributed by atoms with Gasteiger partial charge in [-0.05, 0) is 28.0 Å². The third kappa shape index (κ3) is 3.44. The van der Waals surface area contributed by atoms with Crippen LogP contribution in [0.25, 0.3) is 0 Å². The predicted octanol–water partition coefficient (Wildman–Crippen LogP) is 4.34. The molecule has 1 aromatic heterocycles. The Bertz CT molecular complexity index is 480. The van der Waals surface area contributed by atoms with Gasteiger partial charge < -0.3 is 5.32 Å². The molecule has 0 unspecified atom stereocenters. The van der Waals surface area contributed by atoms with Gasteiger partial charge in [-0.2, -0.15) is 0 Å². The molecule has 0 amide bonds. The molecule has 0 spiro atoms. The van der Waals surface area contributed by atoms with Gasteiger partial charge in [-0.25, -0.2) is 0 Å². The van der Waals surface area contributed by atoms with E-state index in [0.717, 1.165) is 13.1 Å². The summed E-state index contributed by atoms with van der Waals surface area (Å²) in [5, 5.41) is 5.65. The Hall–Kier alpha value is -1.12. The van der Waals surface area contributed by atoms with Crippen molar-refractivity contribution in [3.8, 4) is 0 Å². The van der Waals surface area contributed by atoms with Gasteiger partial charge in [-0.1, -0.05) is 51.1 Å². The standard InChI is InChI=1S/C16H21NS/c1-16(2,3)15-9-5-4-7-13(15)11-17-12-14-8-6-10-18-14/h4-10,17H,11-12H2,1-3H3. The van der Waals surface area contributed by atoms with Crippen molar-refractivity contribution in [2.24, 2.45) is 0 Å². The lowest BCUT2D eigenvalue weighted by atomic mass is 9.84. The fourth-order valence-electron chi connectivity index (χ4n) is 2.14. The molecule has 0 aliphatic rings. The largest absolute Gasteiger partial charge is 0.308 e. The molecule has 2 aromatic rings. The second kappa shape index (κ2) is 5.68. The quantitative estimate of drug-likeness (QED) is 0.861. The molecular weight excluding hydrogens is 238 g/mol. The molecule has 0 saturated heterocycles. The third-order valence-corrected chi connectivity index (χ3v) is 3.90. The van der Waals surface area contributed by atoms with Gasteiger partial charge in [0, 0.05) is 18.0 Å². The summed E-state index contributed by atoms with van der Waals surface area (Å²) in [5.74, 6) is 0. The summed E-state index contributed by atoms with van der Waals surface area (Å²) in [5.41, 5.74) is 3.05. The average Bonchev–Trinajstić information content (AvgIpc) is 2.81. The van der Waals surface area contributed by atoms with Gasteiger partial charge in [-0.15, -0.1) is 11.3 Å². The van der Waals surface area contributed by atoms with Crippen molar-refractivity contribution >= 4 is 11.3 Å². The molecule has 1 nitrogen and oxygen atoms in total. The fraction of sp³-hybridized carbons (Fsp3) is 0.375. The second-order valence-corrected chi connectivity index (χ2v) is 6.62. The van der Waals surface area contributed by atoms with E-state index in [4.69, 9.17) is 0 Å². The summed E-state index contributed by atoms with van der Waals surface area (Å²) in [6.45, 7) is 8.70. The molecule has 0 radical (unpaired) electrons. The molecule has 1 N–H and O–H groups in total. The van der Waals surface area contributed by atoms with Gasteiger partial charge in [0.2, 0.25) is 0 Å². The van der Waals surface area contributed by atoms with Crippen molar-refractivity contribution in [3.63, 3.8) is 0 Å². The van der Waals surface area contributed by atoms with Crippen LogP contribution in [0.15, 0.2) is 41.8 Å². The smallest absolute Gasteiger partial charge is 0.0302 e. The summed E-state index contributed by atoms with van der Waals surface area (Å²) in [4.78, 5) is 1.39. The number of benzene rings is 1. The molecule has 0 saturated carbocycles. The van der Waals surface area contributed by atoms with E-state index >= 15 is 0 Å². The molecule has 96 valence electrons. The van der Waals surface area contributed by atoms with Gasteiger partial charge in [0.15, 0.2) is 0 Å². The zero-order valence-corrected chi connectivity index (χ0v) is 12.2. The van der Waals surface area contributed by atoms with Crippen LogP contribution in [-0.4, -0.2) is 0 Å². The van der Waals surface area contributed by atoms with E-state index in [-0.39, 0.29) is 5.41 Å². The van der Waals surface area contributed by atoms with Gasteiger partial charge >= 0.3 is 0 Å². The highest BCUT2D eigenvalue weighted by Crippen LogP contribution is 2.25. The summed E-state index contributed by atoms with van der Waals surface area (Å²) in [6, 6.07) is 13.0. The molecule has 2 heteroatoms. The number of rotatable bonds is 4. The normalized spacial score (nSPS) is 11.7. The lowest BCUT2D eigenvalue weighted by molar-refractivity contribution is 0.573. The average molecular weight is 259 g/mol. The van der Waals surface area contributed by atoms with Crippen molar-refractivity contribution in [2.45, 2.75) is 39.3 Å². The Balaban J connectivity index is 2.01. The van der Waals surface area contributed by atoms with Crippen LogP contribution in [0.3, 0.4) is 0 Å². The summed E-state index contributed by atoms with van der Waals surface area (Å²) in [6.07, 6.45) is 0. The molecule has 2 rings (SSSR count). The zero-order chi connectivity index (χ0) is 13.0. The number of nitrogens with one attached hydrogen (secondary N) is 1. The van der Waals surface area contributed by atoms with Gasteiger partial charge in [0.05, 0.1) is 0 Å². The van der Waals surface area contributed by atoms with E-state index in [0.29, 0.717) is 0 Å². The molecule has 0 aliphatic carbocycles. The first kappa shape index (κ1) is 13.3. The van der Waals surface area contributed by atoms with E-state index in [1.807, 2.05) is 0 Å². The van der Waals surface area contributed by atoms with Crippen molar-refractivity contribution in [1.29, 1.82) is 0 Å². The number of hydrogen-bond acceptors (Lipinski definition) is 2. The Kier molecular flexibility index (Phi) is 4.20. The van der Waals surface area contributed by atoms with Crippen LogP contribution in [0.1, 0.15) is 36.8 Å². The van der Waals surface area contributed by atoms with Crippen LogP contribution in [-0.2, 0) is 18.5 Å². The Labute approximate surface area is 114 Å². The zero-order valence-electron chi connectivity index (χ0n) is 11.4. The monoisotopic (exact) mass is 259 g/mol. The van der Waals surface area contributed by atoms with Gasteiger partial charge in [0.1, 0.15) is 0 Å². The Morgan fingerprint density at radius 2 is 1.78 bits per heavy atom. The van der Waals surface area contributed by atoms with E-state index in [1.54, 1.807) is 11.3 Å². The highest BCUT2D eigenvalue weighted by atomic mass is 32.1. The Morgan fingerprint density at radius 1 is 1.00 bits per heavy atom.